The Balaban J connectivity index is 1.85. The summed E-state index contributed by atoms with van der Waals surface area (Å²) < 4.78 is 0. The molecule has 1 aliphatic rings. The van der Waals surface area contributed by atoms with Crippen LogP contribution in [0.1, 0.15) is 17.5 Å². The van der Waals surface area contributed by atoms with E-state index in [-0.39, 0.29) is 11.9 Å². The van der Waals surface area contributed by atoms with Crippen molar-refractivity contribution in [2.45, 2.75) is 25.9 Å². The van der Waals surface area contributed by atoms with Crippen LogP contribution in [0.15, 0.2) is 18.5 Å². The number of carbonyl (C=O) groups is 1. The van der Waals surface area contributed by atoms with E-state index in [1.807, 2.05) is 19.3 Å². The van der Waals surface area contributed by atoms with E-state index in [1.54, 1.807) is 0 Å². The second-order valence-electron chi connectivity index (χ2n) is 3.96. The highest BCUT2D eigenvalue weighted by Crippen LogP contribution is 2.04. The van der Waals surface area contributed by atoms with Gasteiger partial charge in [-0.05, 0) is 18.1 Å². The van der Waals surface area contributed by atoms with Gasteiger partial charge in [0.2, 0.25) is 5.91 Å². The Kier molecular flexibility index (Phi) is 2.97. The fourth-order valence-electron chi connectivity index (χ4n) is 1.73. The molecule has 0 spiro atoms. The average Bonchev–Trinajstić information content (AvgIpc) is 2.62. The van der Waals surface area contributed by atoms with Gasteiger partial charge in [-0.1, -0.05) is 6.07 Å². The lowest BCUT2D eigenvalue weighted by Crippen LogP contribution is -2.30. The number of nitrogens with one attached hydrogen (secondary N) is 2. The zero-order valence-corrected chi connectivity index (χ0v) is 8.79. The quantitative estimate of drug-likeness (QED) is 0.749. The number of hydrogen-bond donors (Lipinski definition) is 2. The van der Waals surface area contributed by atoms with Crippen LogP contribution in [0.25, 0.3) is 0 Å². The lowest BCUT2D eigenvalue weighted by atomic mass is 10.2. The van der Waals surface area contributed by atoms with Gasteiger partial charge in [-0.15, -0.1) is 0 Å². The number of amides is 1. The molecule has 0 aliphatic carbocycles. The summed E-state index contributed by atoms with van der Waals surface area (Å²) in [5, 5.41) is 6.13. The molecule has 1 aromatic heterocycles. The Morgan fingerprint density at radius 3 is 3.13 bits per heavy atom. The molecule has 4 heteroatoms. The van der Waals surface area contributed by atoms with Gasteiger partial charge < -0.3 is 10.6 Å². The Hall–Kier alpha value is -1.42. The van der Waals surface area contributed by atoms with Crippen LogP contribution in [0, 0.1) is 6.92 Å². The molecule has 0 bridgehead atoms. The summed E-state index contributed by atoms with van der Waals surface area (Å²) in [5.74, 6) is 0.134. The first kappa shape index (κ1) is 10.1. The first-order valence-corrected chi connectivity index (χ1v) is 5.14. The van der Waals surface area contributed by atoms with E-state index in [4.69, 9.17) is 0 Å². The van der Waals surface area contributed by atoms with E-state index >= 15 is 0 Å². The largest absolute Gasteiger partial charge is 0.354 e. The number of nitrogens with zero attached hydrogens (tertiary/aromatic N) is 1. The second-order valence-corrected chi connectivity index (χ2v) is 3.96. The van der Waals surface area contributed by atoms with Gasteiger partial charge in [0.25, 0.3) is 0 Å². The highest BCUT2D eigenvalue weighted by molar-refractivity contribution is 5.78. The van der Waals surface area contributed by atoms with Gasteiger partial charge in [0.05, 0.1) is 0 Å². The molecule has 15 heavy (non-hydrogen) atoms. The third kappa shape index (κ3) is 2.76. The number of carbonyl (C=O) groups excluding carboxylic acids is 1. The summed E-state index contributed by atoms with van der Waals surface area (Å²) in [6.07, 6.45) is 4.27. The predicted molar refractivity (Wildman–Crippen MR) is 57.2 cm³/mol. The molecule has 4 nitrogen and oxygen atoms in total. The third-order valence-electron chi connectivity index (χ3n) is 2.50. The fourth-order valence-corrected chi connectivity index (χ4v) is 1.73. The van der Waals surface area contributed by atoms with Crippen LogP contribution in [-0.2, 0) is 11.3 Å². The minimum atomic E-state index is 0.134. The van der Waals surface area contributed by atoms with Crippen molar-refractivity contribution in [3.05, 3.63) is 29.6 Å². The molecule has 1 aliphatic heterocycles. The average molecular weight is 205 g/mol. The topological polar surface area (TPSA) is 54.0 Å². The van der Waals surface area contributed by atoms with Crippen molar-refractivity contribution in [3.8, 4) is 0 Å². The molecule has 2 N–H and O–H groups in total. The third-order valence-corrected chi connectivity index (χ3v) is 2.50. The molecule has 0 aromatic carbocycles. The Morgan fingerprint density at radius 2 is 2.47 bits per heavy atom. The smallest absolute Gasteiger partial charge is 0.221 e. The van der Waals surface area contributed by atoms with Crippen LogP contribution >= 0.6 is 0 Å². The molecule has 1 atom stereocenters. The van der Waals surface area contributed by atoms with Crippen LogP contribution in [0.2, 0.25) is 0 Å². The molecule has 0 saturated carbocycles. The minimum Gasteiger partial charge on any atom is -0.354 e. The fraction of sp³-hybridized carbons (Fsp3) is 0.455. The summed E-state index contributed by atoms with van der Waals surface area (Å²) in [6, 6.07) is 2.36. The summed E-state index contributed by atoms with van der Waals surface area (Å²) in [6.45, 7) is 3.53. The van der Waals surface area contributed by atoms with Crippen LogP contribution in [0.3, 0.4) is 0 Å². The maximum absolute atomic E-state index is 11.0. The van der Waals surface area contributed by atoms with Gasteiger partial charge in [-0.25, -0.2) is 0 Å². The highest BCUT2D eigenvalue weighted by atomic mass is 16.1. The summed E-state index contributed by atoms with van der Waals surface area (Å²) >= 11 is 0. The zero-order valence-electron chi connectivity index (χ0n) is 8.79. The van der Waals surface area contributed by atoms with Crippen molar-refractivity contribution >= 4 is 5.91 Å². The van der Waals surface area contributed by atoms with Crippen LogP contribution in [0.5, 0.6) is 0 Å². The van der Waals surface area contributed by atoms with Crippen molar-refractivity contribution in [2.75, 3.05) is 6.54 Å². The maximum atomic E-state index is 11.0. The first-order valence-electron chi connectivity index (χ1n) is 5.14. The Bertz CT molecular complexity index is 365. The minimum absolute atomic E-state index is 0.134. The Morgan fingerprint density at radius 1 is 1.60 bits per heavy atom. The van der Waals surface area contributed by atoms with Crippen LogP contribution < -0.4 is 10.6 Å². The second kappa shape index (κ2) is 4.40. The molecule has 1 fully saturated rings. The van der Waals surface area contributed by atoms with Crippen molar-refractivity contribution in [1.82, 2.24) is 15.6 Å². The molecule has 0 radical (unpaired) electrons. The van der Waals surface area contributed by atoms with E-state index in [9.17, 15) is 4.79 Å². The van der Waals surface area contributed by atoms with E-state index in [1.165, 1.54) is 0 Å². The molecule has 1 aromatic rings. The van der Waals surface area contributed by atoms with Gasteiger partial charge in [0.15, 0.2) is 0 Å². The maximum Gasteiger partial charge on any atom is 0.221 e. The first-order chi connectivity index (χ1) is 7.24. The predicted octanol–water partition coefficient (Wildman–Crippen LogP) is 0.368. The SMILES string of the molecule is Cc1cncc(CNC2CNC(=O)C2)c1. The Labute approximate surface area is 89.1 Å². The lowest BCUT2D eigenvalue weighted by molar-refractivity contribution is -0.119. The van der Waals surface area contributed by atoms with Gasteiger partial charge in [0, 0.05) is 37.9 Å². The van der Waals surface area contributed by atoms with Crippen molar-refractivity contribution in [3.63, 3.8) is 0 Å². The van der Waals surface area contributed by atoms with E-state index in [0.717, 1.165) is 24.2 Å². The molecule has 1 unspecified atom stereocenters. The number of hydrogen-bond acceptors (Lipinski definition) is 3. The lowest BCUT2D eigenvalue weighted by Gasteiger charge is -2.09. The van der Waals surface area contributed by atoms with Gasteiger partial charge in [-0.2, -0.15) is 0 Å². The highest BCUT2D eigenvalue weighted by Gasteiger charge is 2.20. The molecule has 2 heterocycles. The normalized spacial score (nSPS) is 20.3. The zero-order chi connectivity index (χ0) is 10.7. The number of rotatable bonds is 3. The molecule has 2 rings (SSSR count). The molecular formula is C11H15N3O. The number of aryl methyl sites for hydroxylation is 1. The summed E-state index contributed by atoms with van der Waals surface area (Å²) in [5.41, 5.74) is 2.32. The number of pyridine rings is 1. The van der Waals surface area contributed by atoms with Crippen molar-refractivity contribution in [2.24, 2.45) is 0 Å². The van der Waals surface area contributed by atoms with E-state index in [0.29, 0.717) is 6.42 Å². The van der Waals surface area contributed by atoms with Crippen LogP contribution in [-0.4, -0.2) is 23.5 Å². The molecule has 1 amide bonds. The number of aromatic nitrogens is 1. The van der Waals surface area contributed by atoms with Crippen LogP contribution in [0.4, 0.5) is 0 Å². The monoisotopic (exact) mass is 205 g/mol. The molecule has 1 saturated heterocycles. The van der Waals surface area contributed by atoms with Gasteiger partial charge in [-0.3, -0.25) is 9.78 Å². The molecular weight excluding hydrogens is 190 g/mol. The van der Waals surface area contributed by atoms with Crippen molar-refractivity contribution < 1.29 is 4.79 Å². The van der Waals surface area contributed by atoms with Gasteiger partial charge >= 0.3 is 0 Å². The summed E-state index contributed by atoms with van der Waals surface area (Å²) in [7, 11) is 0. The summed E-state index contributed by atoms with van der Waals surface area (Å²) in [4.78, 5) is 15.1. The van der Waals surface area contributed by atoms with Crippen molar-refractivity contribution in [1.29, 1.82) is 0 Å². The van der Waals surface area contributed by atoms with E-state index < -0.39 is 0 Å². The molecule has 80 valence electrons. The van der Waals surface area contributed by atoms with E-state index in [2.05, 4.69) is 21.7 Å². The standard InChI is InChI=1S/C11H15N3O/c1-8-2-9(5-12-4-8)6-13-10-3-11(15)14-7-10/h2,4-5,10,13H,3,6-7H2,1H3,(H,14,15). The van der Waals surface area contributed by atoms with Gasteiger partial charge in [0.1, 0.15) is 0 Å².